The Balaban J connectivity index is 2.11. The van der Waals surface area contributed by atoms with Crippen molar-refractivity contribution in [3.63, 3.8) is 0 Å². The second-order valence-corrected chi connectivity index (χ2v) is 4.84. The van der Waals surface area contributed by atoms with Crippen LogP contribution in [0.2, 0.25) is 0 Å². The summed E-state index contributed by atoms with van der Waals surface area (Å²) in [5, 5.41) is 11.4. The van der Waals surface area contributed by atoms with E-state index in [2.05, 4.69) is 10.4 Å². The number of hydrogen-bond acceptors (Lipinski definition) is 7. The topological polar surface area (TPSA) is 103 Å². The van der Waals surface area contributed by atoms with Crippen molar-refractivity contribution >= 4 is 22.2 Å². The number of nitro groups is 1. The molecule has 8 heteroatoms. The Labute approximate surface area is 113 Å². The molecule has 0 radical (unpaired) electrons. The molecule has 0 bridgehead atoms. The number of ether oxygens (including phenoxy) is 1. The van der Waals surface area contributed by atoms with Gasteiger partial charge in [-0.1, -0.05) is 17.4 Å². The number of nitrogen functional groups attached to an aromatic ring is 1. The van der Waals surface area contributed by atoms with Crippen molar-refractivity contribution in [2.24, 2.45) is 5.84 Å². The predicted molar refractivity (Wildman–Crippen MR) is 72.1 cm³/mol. The summed E-state index contributed by atoms with van der Waals surface area (Å²) in [6.45, 7) is 1.95. The number of hydrazine groups is 1. The Morgan fingerprint density at radius 3 is 3.00 bits per heavy atom. The van der Waals surface area contributed by atoms with Crippen LogP contribution < -0.4 is 16.0 Å². The van der Waals surface area contributed by atoms with Crippen molar-refractivity contribution in [1.29, 1.82) is 0 Å². The minimum absolute atomic E-state index is 0.0473. The lowest BCUT2D eigenvalue weighted by Crippen LogP contribution is -2.05. The second kappa shape index (κ2) is 5.63. The van der Waals surface area contributed by atoms with Crippen LogP contribution in [0.25, 0.3) is 0 Å². The van der Waals surface area contributed by atoms with Gasteiger partial charge in [-0.2, -0.15) is 0 Å². The van der Waals surface area contributed by atoms with Crippen molar-refractivity contribution in [2.45, 2.75) is 13.5 Å². The Bertz CT molecular complexity index is 599. The molecule has 2 aromatic rings. The molecule has 100 valence electrons. The molecule has 0 atom stereocenters. The molecule has 0 fully saturated rings. The van der Waals surface area contributed by atoms with Crippen LogP contribution in [0.5, 0.6) is 5.75 Å². The van der Waals surface area contributed by atoms with Crippen molar-refractivity contribution in [3.8, 4) is 5.75 Å². The van der Waals surface area contributed by atoms with Crippen molar-refractivity contribution in [1.82, 2.24) is 4.98 Å². The summed E-state index contributed by atoms with van der Waals surface area (Å²) in [6.07, 6.45) is 1.65. The normalized spacial score (nSPS) is 10.2. The highest BCUT2D eigenvalue weighted by Gasteiger charge is 2.14. The lowest BCUT2D eigenvalue weighted by Gasteiger charge is -2.07. The maximum atomic E-state index is 10.8. The lowest BCUT2D eigenvalue weighted by molar-refractivity contribution is -0.385. The van der Waals surface area contributed by atoms with Crippen LogP contribution >= 0.6 is 11.3 Å². The fourth-order valence-electron chi connectivity index (χ4n) is 1.55. The van der Waals surface area contributed by atoms with E-state index in [0.29, 0.717) is 23.1 Å². The van der Waals surface area contributed by atoms with Crippen LogP contribution in [0.3, 0.4) is 0 Å². The largest absolute Gasteiger partial charge is 0.487 e. The van der Waals surface area contributed by atoms with Gasteiger partial charge in [-0.15, -0.1) is 0 Å². The average molecular weight is 280 g/mol. The SMILES string of the molecule is Cc1c(OCc2cnc(NN)s2)cccc1[N+](=O)[O-]. The van der Waals surface area contributed by atoms with E-state index in [4.69, 9.17) is 10.6 Å². The van der Waals surface area contributed by atoms with Gasteiger partial charge in [0.1, 0.15) is 12.4 Å². The van der Waals surface area contributed by atoms with Gasteiger partial charge in [0, 0.05) is 12.3 Å². The van der Waals surface area contributed by atoms with Crippen LogP contribution in [-0.4, -0.2) is 9.91 Å². The number of benzene rings is 1. The highest BCUT2D eigenvalue weighted by atomic mass is 32.1. The number of thiazole rings is 1. The maximum Gasteiger partial charge on any atom is 0.276 e. The van der Waals surface area contributed by atoms with Gasteiger partial charge in [-0.3, -0.25) is 15.5 Å². The molecular weight excluding hydrogens is 268 g/mol. The molecular formula is C11H12N4O3S. The first-order chi connectivity index (χ1) is 9.11. The van der Waals surface area contributed by atoms with Crippen LogP contribution in [0.4, 0.5) is 10.8 Å². The Hall–Kier alpha value is -2.19. The molecule has 1 aromatic heterocycles. The van der Waals surface area contributed by atoms with Crippen LogP contribution in [-0.2, 0) is 6.61 Å². The summed E-state index contributed by atoms with van der Waals surface area (Å²) >= 11 is 1.36. The van der Waals surface area contributed by atoms with Gasteiger partial charge in [-0.05, 0) is 13.0 Å². The third kappa shape index (κ3) is 2.98. The molecule has 7 nitrogen and oxygen atoms in total. The third-order valence-electron chi connectivity index (χ3n) is 2.50. The van der Waals surface area contributed by atoms with E-state index >= 15 is 0 Å². The van der Waals surface area contributed by atoms with Gasteiger partial charge in [-0.25, -0.2) is 10.8 Å². The summed E-state index contributed by atoms with van der Waals surface area (Å²) < 4.78 is 5.57. The zero-order chi connectivity index (χ0) is 13.8. The molecule has 0 unspecified atom stereocenters. The molecule has 0 saturated heterocycles. The summed E-state index contributed by atoms with van der Waals surface area (Å²) in [5.41, 5.74) is 3.00. The average Bonchev–Trinajstić information content (AvgIpc) is 2.85. The number of nitrogens with two attached hydrogens (primary N) is 1. The minimum atomic E-state index is -0.425. The van der Waals surface area contributed by atoms with Crippen molar-refractivity contribution in [3.05, 3.63) is 45.0 Å². The first-order valence-electron chi connectivity index (χ1n) is 5.40. The van der Waals surface area contributed by atoms with Crippen LogP contribution in [0, 0.1) is 17.0 Å². The van der Waals surface area contributed by atoms with Gasteiger partial charge >= 0.3 is 0 Å². The third-order valence-corrected chi connectivity index (χ3v) is 3.40. The number of nitro benzene ring substituents is 1. The van der Waals surface area contributed by atoms with Crippen LogP contribution in [0.1, 0.15) is 10.4 Å². The van der Waals surface area contributed by atoms with Gasteiger partial charge in [0.2, 0.25) is 0 Å². The van der Waals surface area contributed by atoms with E-state index in [0.717, 1.165) is 4.88 Å². The number of hydrogen-bond donors (Lipinski definition) is 2. The summed E-state index contributed by atoms with van der Waals surface area (Å²) in [4.78, 5) is 15.3. The summed E-state index contributed by atoms with van der Waals surface area (Å²) in [5.74, 6) is 5.72. The van der Waals surface area contributed by atoms with E-state index in [-0.39, 0.29) is 5.69 Å². The smallest absolute Gasteiger partial charge is 0.276 e. The standard InChI is InChI=1S/C11H12N4O3S/c1-7-9(15(16)17)3-2-4-10(7)18-6-8-5-13-11(14-12)19-8/h2-5H,6,12H2,1H3,(H,13,14). The van der Waals surface area contributed by atoms with E-state index in [1.165, 1.54) is 17.4 Å². The fraction of sp³-hybridized carbons (Fsp3) is 0.182. The van der Waals surface area contributed by atoms with Gasteiger partial charge < -0.3 is 4.74 Å². The zero-order valence-electron chi connectivity index (χ0n) is 10.1. The summed E-state index contributed by atoms with van der Waals surface area (Å²) in [7, 11) is 0. The van der Waals surface area contributed by atoms with E-state index in [1.807, 2.05) is 0 Å². The molecule has 0 saturated carbocycles. The summed E-state index contributed by atoms with van der Waals surface area (Å²) in [6, 6.07) is 4.75. The Morgan fingerprint density at radius 1 is 1.58 bits per heavy atom. The first kappa shape index (κ1) is 13.2. The van der Waals surface area contributed by atoms with Gasteiger partial charge in [0.15, 0.2) is 5.13 Å². The Morgan fingerprint density at radius 2 is 2.37 bits per heavy atom. The molecule has 0 aliphatic rings. The number of nitrogens with zero attached hydrogens (tertiary/aromatic N) is 2. The van der Waals surface area contributed by atoms with Crippen molar-refractivity contribution < 1.29 is 9.66 Å². The minimum Gasteiger partial charge on any atom is -0.487 e. The van der Waals surface area contributed by atoms with E-state index < -0.39 is 4.92 Å². The quantitative estimate of drug-likeness (QED) is 0.494. The predicted octanol–water partition coefficient (Wildman–Crippen LogP) is 2.22. The van der Waals surface area contributed by atoms with Gasteiger partial charge in [0.25, 0.3) is 5.69 Å². The van der Waals surface area contributed by atoms with Crippen molar-refractivity contribution in [2.75, 3.05) is 5.43 Å². The molecule has 0 spiro atoms. The monoisotopic (exact) mass is 280 g/mol. The molecule has 3 N–H and O–H groups in total. The number of nitrogens with one attached hydrogen (secondary N) is 1. The highest BCUT2D eigenvalue weighted by molar-refractivity contribution is 7.15. The maximum absolute atomic E-state index is 10.8. The molecule has 0 amide bonds. The molecule has 1 heterocycles. The Kier molecular flexibility index (Phi) is 3.93. The number of aromatic nitrogens is 1. The number of rotatable bonds is 5. The molecule has 19 heavy (non-hydrogen) atoms. The first-order valence-corrected chi connectivity index (χ1v) is 6.21. The lowest BCUT2D eigenvalue weighted by atomic mass is 10.2. The van der Waals surface area contributed by atoms with Gasteiger partial charge in [0.05, 0.1) is 15.4 Å². The highest BCUT2D eigenvalue weighted by Crippen LogP contribution is 2.28. The second-order valence-electron chi connectivity index (χ2n) is 3.72. The van der Waals surface area contributed by atoms with E-state index in [1.54, 1.807) is 25.3 Å². The zero-order valence-corrected chi connectivity index (χ0v) is 10.9. The molecule has 2 rings (SSSR count). The fourth-order valence-corrected chi connectivity index (χ4v) is 2.18. The molecule has 0 aliphatic carbocycles. The number of anilines is 1. The van der Waals surface area contributed by atoms with E-state index in [9.17, 15) is 10.1 Å². The van der Waals surface area contributed by atoms with Crippen LogP contribution in [0.15, 0.2) is 24.4 Å². The molecule has 0 aliphatic heterocycles. The molecule has 1 aromatic carbocycles.